The number of rotatable bonds is 7. The third kappa shape index (κ3) is 4.57. The molecule has 1 amide bonds. The molecule has 5 heteroatoms. The highest BCUT2D eigenvalue weighted by Crippen LogP contribution is 2.21. The second-order valence-electron chi connectivity index (χ2n) is 4.51. The predicted octanol–water partition coefficient (Wildman–Crippen LogP) is 3.69. The molecule has 0 fully saturated rings. The molecule has 0 atom stereocenters. The molecule has 0 saturated heterocycles. The van der Waals surface area contributed by atoms with E-state index < -0.39 is 12.1 Å². The Morgan fingerprint density at radius 2 is 2.00 bits per heavy atom. The Morgan fingerprint density at radius 1 is 1.25 bits per heavy atom. The number of amides is 1. The summed E-state index contributed by atoms with van der Waals surface area (Å²) in [5.74, 6) is -1.04. The fraction of sp³-hybridized carbons (Fsp3) is 0.467. The summed E-state index contributed by atoms with van der Waals surface area (Å²) in [7, 11) is 0. The molecule has 0 aliphatic rings. The maximum atomic E-state index is 11.6. The molecular formula is C15H21NO4. The molecule has 5 nitrogen and oxygen atoms in total. The van der Waals surface area contributed by atoms with Gasteiger partial charge in [-0.15, -0.1) is 0 Å². The number of benzene rings is 1. The number of aromatic carboxylic acids is 1. The lowest BCUT2D eigenvalue weighted by atomic mass is 10.0. The van der Waals surface area contributed by atoms with E-state index in [4.69, 9.17) is 4.74 Å². The zero-order chi connectivity index (χ0) is 15.0. The van der Waals surface area contributed by atoms with E-state index in [1.807, 2.05) is 13.8 Å². The van der Waals surface area contributed by atoms with Crippen LogP contribution < -0.4 is 5.32 Å². The third-order valence-electron chi connectivity index (χ3n) is 2.85. The summed E-state index contributed by atoms with van der Waals surface area (Å²) in [5.41, 5.74) is 1.14. The maximum Gasteiger partial charge on any atom is 0.411 e. The standard InChI is InChI=1S/C15H21NO4/c1-3-5-10-20-15(19)16-12-9-6-8-11(7-4-2)13(12)14(17)18/h6,8-9H,3-5,7,10H2,1-2H3,(H,16,19)(H,17,18). The summed E-state index contributed by atoms with van der Waals surface area (Å²) in [4.78, 5) is 23.0. The molecule has 110 valence electrons. The SMILES string of the molecule is CCCCOC(=O)Nc1cccc(CCC)c1C(=O)O. The van der Waals surface area contributed by atoms with Crippen molar-refractivity contribution in [3.63, 3.8) is 0 Å². The van der Waals surface area contributed by atoms with Gasteiger partial charge >= 0.3 is 12.1 Å². The van der Waals surface area contributed by atoms with Crippen LogP contribution in [0.1, 0.15) is 49.0 Å². The van der Waals surface area contributed by atoms with Crippen LogP contribution in [0.15, 0.2) is 18.2 Å². The van der Waals surface area contributed by atoms with Gasteiger partial charge in [-0.25, -0.2) is 9.59 Å². The highest BCUT2D eigenvalue weighted by atomic mass is 16.5. The van der Waals surface area contributed by atoms with Gasteiger partial charge in [-0.2, -0.15) is 0 Å². The summed E-state index contributed by atoms with van der Waals surface area (Å²) in [6.07, 6.45) is 2.59. The molecular weight excluding hydrogens is 258 g/mol. The normalized spacial score (nSPS) is 10.1. The maximum absolute atomic E-state index is 11.6. The third-order valence-corrected chi connectivity index (χ3v) is 2.85. The lowest BCUT2D eigenvalue weighted by Crippen LogP contribution is -2.17. The van der Waals surface area contributed by atoms with Crippen molar-refractivity contribution in [3.8, 4) is 0 Å². The van der Waals surface area contributed by atoms with E-state index in [9.17, 15) is 14.7 Å². The first-order valence-electron chi connectivity index (χ1n) is 6.89. The van der Waals surface area contributed by atoms with Crippen LogP contribution in [-0.2, 0) is 11.2 Å². The van der Waals surface area contributed by atoms with Crippen molar-refractivity contribution in [3.05, 3.63) is 29.3 Å². The van der Waals surface area contributed by atoms with Gasteiger partial charge in [0.1, 0.15) is 0 Å². The average Bonchev–Trinajstić information content (AvgIpc) is 2.39. The van der Waals surface area contributed by atoms with Crippen LogP contribution in [0, 0.1) is 0 Å². The van der Waals surface area contributed by atoms with Gasteiger partial charge in [-0.05, 0) is 24.5 Å². The molecule has 0 radical (unpaired) electrons. The lowest BCUT2D eigenvalue weighted by Gasteiger charge is -2.12. The molecule has 0 aliphatic heterocycles. The summed E-state index contributed by atoms with van der Waals surface area (Å²) in [6, 6.07) is 5.07. The fourth-order valence-corrected chi connectivity index (χ4v) is 1.89. The van der Waals surface area contributed by atoms with E-state index >= 15 is 0 Å². The Balaban J connectivity index is 2.85. The number of hydrogen-bond acceptors (Lipinski definition) is 3. The van der Waals surface area contributed by atoms with Gasteiger partial charge in [0.25, 0.3) is 0 Å². The van der Waals surface area contributed by atoms with E-state index in [0.29, 0.717) is 18.6 Å². The first-order chi connectivity index (χ1) is 9.60. The quantitative estimate of drug-likeness (QED) is 0.746. The highest BCUT2D eigenvalue weighted by molar-refractivity contribution is 6.00. The number of carboxylic acid groups (broad SMARTS) is 1. The molecule has 0 unspecified atom stereocenters. The van der Waals surface area contributed by atoms with Crippen molar-refractivity contribution in [2.75, 3.05) is 11.9 Å². The minimum Gasteiger partial charge on any atom is -0.478 e. The molecule has 1 aromatic carbocycles. The number of hydrogen-bond donors (Lipinski definition) is 2. The van der Waals surface area contributed by atoms with Gasteiger partial charge in [0.15, 0.2) is 0 Å². The second kappa shape index (κ2) is 8.19. The molecule has 20 heavy (non-hydrogen) atoms. The lowest BCUT2D eigenvalue weighted by molar-refractivity contribution is 0.0697. The van der Waals surface area contributed by atoms with Crippen LogP contribution in [0.3, 0.4) is 0 Å². The van der Waals surface area contributed by atoms with Crippen LogP contribution in [0.25, 0.3) is 0 Å². The monoisotopic (exact) mass is 279 g/mol. The topological polar surface area (TPSA) is 75.6 Å². The Morgan fingerprint density at radius 3 is 2.60 bits per heavy atom. The molecule has 0 saturated carbocycles. The van der Waals surface area contributed by atoms with E-state index in [0.717, 1.165) is 19.3 Å². The molecule has 0 aliphatic carbocycles. The van der Waals surface area contributed by atoms with Crippen molar-refractivity contribution in [1.82, 2.24) is 0 Å². The molecule has 2 N–H and O–H groups in total. The molecule has 0 bridgehead atoms. The van der Waals surface area contributed by atoms with Gasteiger partial charge in [-0.1, -0.05) is 38.8 Å². The molecule has 0 heterocycles. The fourth-order valence-electron chi connectivity index (χ4n) is 1.89. The summed E-state index contributed by atoms with van der Waals surface area (Å²) < 4.78 is 4.98. The zero-order valence-corrected chi connectivity index (χ0v) is 11.9. The number of aryl methyl sites for hydroxylation is 1. The van der Waals surface area contributed by atoms with Crippen LogP contribution in [0.2, 0.25) is 0 Å². The largest absolute Gasteiger partial charge is 0.478 e. The number of carboxylic acids is 1. The van der Waals surface area contributed by atoms with Crippen molar-refractivity contribution >= 4 is 17.7 Å². The van der Waals surface area contributed by atoms with Gasteiger partial charge in [0.2, 0.25) is 0 Å². The van der Waals surface area contributed by atoms with Crippen molar-refractivity contribution in [1.29, 1.82) is 0 Å². The number of unbranched alkanes of at least 4 members (excludes halogenated alkanes) is 1. The molecule has 0 aromatic heterocycles. The van der Waals surface area contributed by atoms with Crippen LogP contribution in [0.4, 0.5) is 10.5 Å². The smallest absolute Gasteiger partial charge is 0.411 e. The first kappa shape index (κ1) is 16.0. The highest BCUT2D eigenvalue weighted by Gasteiger charge is 2.16. The predicted molar refractivity (Wildman–Crippen MR) is 77.3 cm³/mol. The van der Waals surface area contributed by atoms with Gasteiger partial charge in [0, 0.05) is 0 Å². The van der Waals surface area contributed by atoms with E-state index in [-0.39, 0.29) is 11.3 Å². The minimum atomic E-state index is -1.04. The van der Waals surface area contributed by atoms with Gasteiger partial charge < -0.3 is 9.84 Å². The average molecular weight is 279 g/mol. The van der Waals surface area contributed by atoms with Gasteiger partial charge in [0.05, 0.1) is 17.9 Å². The zero-order valence-electron chi connectivity index (χ0n) is 11.9. The second-order valence-corrected chi connectivity index (χ2v) is 4.51. The Kier molecular flexibility index (Phi) is 6.56. The number of nitrogens with one attached hydrogen (secondary N) is 1. The molecule has 0 spiro atoms. The van der Waals surface area contributed by atoms with Crippen molar-refractivity contribution < 1.29 is 19.4 Å². The first-order valence-corrected chi connectivity index (χ1v) is 6.89. The number of carbonyl (C=O) groups is 2. The Hall–Kier alpha value is -2.04. The summed E-state index contributed by atoms with van der Waals surface area (Å²) >= 11 is 0. The molecule has 1 rings (SSSR count). The Labute approximate surface area is 118 Å². The number of carbonyl (C=O) groups excluding carboxylic acids is 1. The Bertz CT molecular complexity index is 471. The number of ether oxygens (including phenoxy) is 1. The summed E-state index contributed by atoms with van der Waals surface area (Å²) in [6.45, 7) is 4.31. The number of anilines is 1. The van der Waals surface area contributed by atoms with E-state index in [1.165, 1.54) is 0 Å². The summed E-state index contributed by atoms with van der Waals surface area (Å²) in [5, 5.41) is 11.8. The van der Waals surface area contributed by atoms with Gasteiger partial charge in [-0.3, -0.25) is 5.32 Å². The van der Waals surface area contributed by atoms with Crippen LogP contribution in [-0.4, -0.2) is 23.8 Å². The van der Waals surface area contributed by atoms with Crippen molar-refractivity contribution in [2.45, 2.75) is 39.5 Å². The van der Waals surface area contributed by atoms with E-state index in [1.54, 1.807) is 18.2 Å². The van der Waals surface area contributed by atoms with Crippen LogP contribution >= 0.6 is 0 Å². The van der Waals surface area contributed by atoms with Crippen LogP contribution in [0.5, 0.6) is 0 Å². The van der Waals surface area contributed by atoms with Crippen molar-refractivity contribution in [2.24, 2.45) is 0 Å². The minimum absolute atomic E-state index is 0.141. The molecule has 1 aromatic rings. The van der Waals surface area contributed by atoms with E-state index in [2.05, 4.69) is 5.32 Å².